The van der Waals surface area contributed by atoms with Gasteiger partial charge in [-0.1, -0.05) is 19.1 Å². The molecule has 33 heavy (non-hydrogen) atoms. The Balaban J connectivity index is 1.45. The first kappa shape index (κ1) is 23.1. The van der Waals surface area contributed by atoms with E-state index in [9.17, 15) is 4.79 Å². The number of benzene rings is 1. The summed E-state index contributed by atoms with van der Waals surface area (Å²) in [6, 6.07) is 12.0. The highest BCUT2D eigenvalue weighted by molar-refractivity contribution is 5.98. The molecule has 4 rings (SSSR count). The Morgan fingerprint density at radius 3 is 2.48 bits per heavy atom. The number of aromatic nitrogens is 1. The molecular weight excluding hydrogens is 420 g/mol. The molecule has 0 atom stereocenters. The third kappa shape index (κ3) is 5.66. The molecule has 2 N–H and O–H groups in total. The largest absolute Gasteiger partial charge is 0.495 e. The van der Waals surface area contributed by atoms with E-state index in [-0.39, 0.29) is 5.91 Å². The van der Waals surface area contributed by atoms with E-state index in [1.54, 1.807) is 7.11 Å². The van der Waals surface area contributed by atoms with Gasteiger partial charge in [0.25, 0.3) is 5.91 Å². The number of hydrogen-bond acceptors (Lipinski definition) is 8. The number of nitrogens with one attached hydrogen (secondary N) is 2. The summed E-state index contributed by atoms with van der Waals surface area (Å²) in [6.07, 6.45) is 0.952. The lowest BCUT2D eigenvalue weighted by Gasteiger charge is -2.37. The van der Waals surface area contributed by atoms with Crippen molar-refractivity contribution in [3.63, 3.8) is 0 Å². The Hall–Kier alpha value is -3.04. The molecule has 2 saturated heterocycles. The van der Waals surface area contributed by atoms with Gasteiger partial charge in [-0.05, 0) is 30.7 Å². The lowest BCUT2D eigenvalue weighted by molar-refractivity contribution is 0.0126. The standard InChI is InChI=1S/C24H34N6O3/c1-3-10-25-23-19(24(31)27-30-15-17-33-18-16-30)8-9-22(26-23)29-13-11-28(12-14-29)20-6-4-5-7-21(20)32-2/h4-9H,3,10-18H2,1-2H3,(H,25,26)(H,27,31). The van der Waals surface area contributed by atoms with Crippen LogP contribution in [-0.4, -0.2) is 82.0 Å². The molecule has 2 aliphatic rings. The fraction of sp³-hybridized carbons (Fsp3) is 0.500. The van der Waals surface area contributed by atoms with Crippen LogP contribution in [0, 0.1) is 0 Å². The molecule has 1 aromatic carbocycles. The van der Waals surface area contributed by atoms with Crippen LogP contribution < -0.4 is 25.3 Å². The van der Waals surface area contributed by atoms with Crippen molar-refractivity contribution in [1.82, 2.24) is 15.4 Å². The molecule has 2 aliphatic heterocycles. The third-order valence-electron chi connectivity index (χ3n) is 5.97. The number of rotatable bonds is 8. The number of carbonyl (C=O) groups excluding carboxylic acids is 1. The first-order chi connectivity index (χ1) is 16.2. The number of carbonyl (C=O) groups is 1. The quantitative estimate of drug-likeness (QED) is 0.629. The van der Waals surface area contributed by atoms with Gasteiger partial charge in [0.15, 0.2) is 0 Å². The maximum Gasteiger partial charge on any atom is 0.269 e. The average Bonchev–Trinajstić information content (AvgIpc) is 2.88. The smallest absolute Gasteiger partial charge is 0.269 e. The lowest BCUT2D eigenvalue weighted by atomic mass is 10.2. The first-order valence-corrected chi connectivity index (χ1v) is 11.7. The molecule has 9 nitrogen and oxygen atoms in total. The number of pyridine rings is 1. The van der Waals surface area contributed by atoms with Crippen molar-refractivity contribution in [2.24, 2.45) is 0 Å². The van der Waals surface area contributed by atoms with E-state index in [1.165, 1.54) is 0 Å². The topological polar surface area (TPSA) is 82.2 Å². The van der Waals surface area contributed by atoms with Gasteiger partial charge < -0.3 is 24.6 Å². The molecule has 0 bridgehead atoms. The summed E-state index contributed by atoms with van der Waals surface area (Å²) in [5.41, 5.74) is 4.67. The highest BCUT2D eigenvalue weighted by Crippen LogP contribution is 2.29. The van der Waals surface area contributed by atoms with Crippen molar-refractivity contribution in [1.29, 1.82) is 0 Å². The molecule has 2 fully saturated rings. The number of morpholine rings is 1. The van der Waals surface area contributed by atoms with Crippen LogP contribution in [0.3, 0.4) is 0 Å². The van der Waals surface area contributed by atoms with Crippen LogP contribution in [0.15, 0.2) is 36.4 Å². The van der Waals surface area contributed by atoms with E-state index in [2.05, 4.69) is 33.5 Å². The second-order valence-corrected chi connectivity index (χ2v) is 8.18. The Bertz CT molecular complexity index is 926. The van der Waals surface area contributed by atoms with Gasteiger partial charge in [-0.25, -0.2) is 9.99 Å². The predicted octanol–water partition coefficient (Wildman–Crippen LogP) is 2.22. The van der Waals surface area contributed by atoms with Crippen LogP contribution in [-0.2, 0) is 4.74 Å². The summed E-state index contributed by atoms with van der Waals surface area (Å²) in [7, 11) is 1.71. The number of piperazine rings is 1. The fourth-order valence-corrected chi connectivity index (χ4v) is 4.13. The summed E-state index contributed by atoms with van der Waals surface area (Å²) >= 11 is 0. The van der Waals surface area contributed by atoms with Crippen molar-refractivity contribution in [2.75, 3.05) is 81.3 Å². The Labute approximate surface area is 195 Å². The summed E-state index contributed by atoms with van der Waals surface area (Å²) in [5.74, 6) is 2.27. The summed E-state index contributed by atoms with van der Waals surface area (Å²) < 4.78 is 10.9. The molecule has 0 aliphatic carbocycles. The molecule has 0 saturated carbocycles. The van der Waals surface area contributed by atoms with Crippen LogP contribution >= 0.6 is 0 Å². The van der Waals surface area contributed by atoms with Gasteiger partial charge in [0, 0.05) is 45.8 Å². The van der Waals surface area contributed by atoms with Crippen LogP contribution in [0.1, 0.15) is 23.7 Å². The maximum absolute atomic E-state index is 12.9. The number of methoxy groups -OCH3 is 1. The molecule has 0 spiro atoms. The molecule has 178 valence electrons. The second-order valence-electron chi connectivity index (χ2n) is 8.18. The van der Waals surface area contributed by atoms with Crippen LogP contribution in [0.5, 0.6) is 5.75 Å². The van der Waals surface area contributed by atoms with E-state index in [4.69, 9.17) is 14.5 Å². The van der Waals surface area contributed by atoms with Crippen LogP contribution in [0.4, 0.5) is 17.3 Å². The van der Waals surface area contributed by atoms with E-state index in [1.807, 2.05) is 35.3 Å². The van der Waals surface area contributed by atoms with Crippen molar-refractivity contribution in [3.8, 4) is 5.75 Å². The van der Waals surface area contributed by atoms with E-state index in [0.717, 1.165) is 56.4 Å². The van der Waals surface area contributed by atoms with Crippen LogP contribution in [0.2, 0.25) is 0 Å². The summed E-state index contributed by atoms with van der Waals surface area (Å²) in [5, 5.41) is 5.24. The number of nitrogens with zero attached hydrogens (tertiary/aromatic N) is 4. The molecule has 0 radical (unpaired) electrons. The van der Waals surface area contributed by atoms with E-state index < -0.39 is 0 Å². The number of anilines is 3. The van der Waals surface area contributed by atoms with Gasteiger partial charge >= 0.3 is 0 Å². The van der Waals surface area contributed by atoms with Gasteiger partial charge in [0.1, 0.15) is 17.4 Å². The highest BCUT2D eigenvalue weighted by atomic mass is 16.5. The zero-order chi connectivity index (χ0) is 23.0. The lowest BCUT2D eigenvalue weighted by Crippen LogP contribution is -2.48. The number of hydrazine groups is 1. The second kappa shape index (κ2) is 11.2. The van der Waals surface area contributed by atoms with Gasteiger partial charge in [-0.3, -0.25) is 10.2 Å². The van der Waals surface area contributed by atoms with E-state index in [0.29, 0.717) is 37.7 Å². The third-order valence-corrected chi connectivity index (χ3v) is 5.97. The average molecular weight is 455 g/mol. The molecule has 9 heteroatoms. The highest BCUT2D eigenvalue weighted by Gasteiger charge is 2.23. The number of ether oxygens (including phenoxy) is 2. The van der Waals surface area contributed by atoms with E-state index >= 15 is 0 Å². The van der Waals surface area contributed by atoms with Gasteiger partial charge in [0.2, 0.25) is 0 Å². The van der Waals surface area contributed by atoms with Crippen molar-refractivity contribution >= 4 is 23.2 Å². The summed E-state index contributed by atoms with van der Waals surface area (Å²) in [6.45, 7) is 8.92. The summed E-state index contributed by atoms with van der Waals surface area (Å²) in [4.78, 5) is 22.4. The monoisotopic (exact) mass is 454 g/mol. The minimum atomic E-state index is -0.143. The number of para-hydroxylation sites is 2. The Morgan fingerprint density at radius 1 is 1.03 bits per heavy atom. The molecule has 2 aromatic rings. The van der Waals surface area contributed by atoms with Gasteiger partial charge in [0.05, 0.1) is 31.6 Å². The van der Waals surface area contributed by atoms with Gasteiger partial charge in [-0.2, -0.15) is 0 Å². The molecule has 0 unspecified atom stereocenters. The normalized spacial score (nSPS) is 17.0. The zero-order valence-corrected chi connectivity index (χ0v) is 19.5. The predicted molar refractivity (Wildman–Crippen MR) is 130 cm³/mol. The van der Waals surface area contributed by atoms with Crippen molar-refractivity contribution < 1.29 is 14.3 Å². The van der Waals surface area contributed by atoms with Crippen molar-refractivity contribution in [3.05, 3.63) is 42.0 Å². The SMILES string of the molecule is CCCNc1nc(N2CCN(c3ccccc3OC)CC2)ccc1C(=O)NN1CCOCC1. The molecule has 3 heterocycles. The zero-order valence-electron chi connectivity index (χ0n) is 19.5. The maximum atomic E-state index is 12.9. The van der Waals surface area contributed by atoms with Crippen LogP contribution in [0.25, 0.3) is 0 Å². The Morgan fingerprint density at radius 2 is 1.76 bits per heavy atom. The minimum absolute atomic E-state index is 0.143. The Kier molecular flexibility index (Phi) is 7.85. The van der Waals surface area contributed by atoms with Gasteiger partial charge in [-0.15, -0.1) is 0 Å². The minimum Gasteiger partial charge on any atom is -0.495 e. The molecular formula is C24H34N6O3. The molecule has 1 aromatic heterocycles. The number of hydrogen-bond donors (Lipinski definition) is 2. The molecule has 1 amide bonds. The first-order valence-electron chi connectivity index (χ1n) is 11.7. The van der Waals surface area contributed by atoms with Crippen molar-refractivity contribution in [2.45, 2.75) is 13.3 Å². The fourth-order valence-electron chi connectivity index (χ4n) is 4.13. The number of amides is 1.